The maximum Gasteiger partial charge on any atom is 0.411 e. The van der Waals surface area contributed by atoms with E-state index in [1.54, 1.807) is 12.1 Å². The van der Waals surface area contributed by atoms with E-state index in [9.17, 15) is 13.2 Å². The minimum Gasteiger partial charge on any atom is -0.493 e. The predicted octanol–water partition coefficient (Wildman–Crippen LogP) is 4.15. The highest BCUT2D eigenvalue weighted by Crippen LogP contribution is 2.37. The Balaban J connectivity index is 2.55. The van der Waals surface area contributed by atoms with Crippen LogP contribution in [0.2, 0.25) is 0 Å². The van der Waals surface area contributed by atoms with Crippen LogP contribution in [-0.4, -0.2) is 33.1 Å². The van der Waals surface area contributed by atoms with Crippen LogP contribution in [0.15, 0.2) is 16.6 Å². The van der Waals surface area contributed by atoms with E-state index in [0.717, 1.165) is 5.56 Å². The minimum atomic E-state index is -4.33. The average Bonchev–Trinajstić information content (AvgIpc) is 2.38. The molecule has 0 fully saturated rings. The van der Waals surface area contributed by atoms with Gasteiger partial charge >= 0.3 is 6.18 Å². The first-order valence-corrected chi connectivity index (χ1v) is 6.90. The van der Waals surface area contributed by atoms with Crippen molar-refractivity contribution >= 4 is 27.5 Å². The maximum atomic E-state index is 11.9. The zero-order valence-electron chi connectivity index (χ0n) is 10.6. The fraction of sp³-hybridized carbons (Fsp3) is 0.500. The van der Waals surface area contributed by atoms with Crippen LogP contribution >= 0.6 is 27.5 Å². The van der Waals surface area contributed by atoms with E-state index in [2.05, 4.69) is 20.7 Å². The number of hydrogen-bond acceptors (Lipinski definition) is 3. The third-order valence-corrected chi connectivity index (χ3v) is 3.08. The molecule has 0 aromatic heterocycles. The van der Waals surface area contributed by atoms with Crippen molar-refractivity contribution in [3.05, 3.63) is 22.2 Å². The Morgan fingerprint density at radius 2 is 1.95 bits per heavy atom. The summed E-state index contributed by atoms with van der Waals surface area (Å²) in [4.78, 5) is 0. The Morgan fingerprint density at radius 1 is 1.25 bits per heavy atom. The molecule has 3 nitrogen and oxygen atoms in total. The van der Waals surface area contributed by atoms with Gasteiger partial charge in [-0.2, -0.15) is 13.2 Å². The number of benzene rings is 1. The molecule has 8 heteroatoms. The van der Waals surface area contributed by atoms with E-state index in [-0.39, 0.29) is 13.2 Å². The highest BCUT2D eigenvalue weighted by atomic mass is 79.9. The fourth-order valence-electron chi connectivity index (χ4n) is 1.38. The Morgan fingerprint density at radius 3 is 2.50 bits per heavy atom. The molecule has 0 aliphatic rings. The quantitative estimate of drug-likeness (QED) is 0.528. The van der Waals surface area contributed by atoms with Gasteiger partial charge in [0.1, 0.15) is 13.2 Å². The molecule has 114 valence electrons. The van der Waals surface area contributed by atoms with Gasteiger partial charge in [-0.15, -0.1) is 11.6 Å². The fourth-order valence-corrected chi connectivity index (χ4v) is 2.14. The minimum absolute atomic E-state index is 0.0226. The van der Waals surface area contributed by atoms with E-state index in [1.807, 2.05) is 0 Å². The van der Waals surface area contributed by atoms with E-state index >= 15 is 0 Å². The molecule has 0 aliphatic heterocycles. The second-order valence-corrected chi connectivity index (χ2v) is 4.88. The van der Waals surface area contributed by atoms with E-state index in [0.29, 0.717) is 21.9 Å². The average molecular weight is 378 g/mol. The van der Waals surface area contributed by atoms with E-state index in [1.165, 1.54) is 7.11 Å². The molecule has 0 saturated carbocycles. The topological polar surface area (TPSA) is 27.7 Å². The van der Waals surface area contributed by atoms with Gasteiger partial charge in [0.15, 0.2) is 11.5 Å². The lowest BCUT2D eigenvalue weighted by Crippen LogP contribution is -2.19. The number of methoxy groups -OCH3 is 1. The van der Waals surface area contributed by atoms with Gasteiger partial charge in [0.2, 0.25) is 0 Å². The zero-order valence-corrected chi connectivity index (χ0v) is 12.9. The highest BCUT2D eigenvalue weighted by Gasteiger charge is 2.27. The van der Waals surface area contributed by atoms with E-state index < -0.39 is 12.8 Å². The first-order valence-electron chi connectivity index (χ1n) is 5.57. The molecule has 0 bridgehead atoms. The third-order valence-electron chi connectivity index (χ3n) is 2.18. The van der Waals surface area contributed by atoms with Crippen molar-refractivity contribution in [1.82, 2.24) is 0 Å². The first-order chi connectivity index (χ1) is 9.37. The molecule has 0 aliphatic carbocycles. The Kier molecular flexibility index (Phi) is 6.91. The molecule has 0 heterocycles. The molecule has 0 spiro atoms. The predicted molar refractivity (Wildman–Crippen MR) is 72.6 cm³/mol. The second-order valence-electron chi connectivity index (χ2n) is 3.76. The molecular weight excluding hydrogens is 364 g/mol. The summed E-state index contributed by atoms with van der Waals surface area (Å²) in [5.41, 5.74) is 0.830. The highest BCUT2D eigenvalue weighted by molar-refractivity contribution is 9.10. The molecule has 20 heavy (non-hydrogen) atoms. The maximum absolute atomic E-state index is 11.9. The lowest BCUT2D eigenvalue weighted by atomic mass is 10.2. The van der Waals surface area contributed by atoms with Crippen LogP contribution in [0.4, 0.5) is 13.2 Å². The van der Waals surface area contributed by atoms with Crippen LogP contribution in [0, 0.1) is 0 Å². The number of alkyl halides is 4. The van der Waals surface area contributed by atoms with Crippen molar-refractivity contribution in [2.24, 2.45) is 0 Å². The van der Waals surface area contributed by atoms with Crippen molar-refractivity contribution in [2.75, 3.05) is 26.9 Å². The second kappa shape index (κ2) is 7.95. The van der Waals surface area contributed by atoms with Crippen LogP contribution in [0.1, 0.15) is 5.56 Å². The van der Waals surface area contributed by atoms with Crippen molar-refractivity contribution in [1.29, 1.82) is 0 Å². The summed E-state index contributed by atoms with van der Waals surface area (Å²) >= 11 is 9.02. The Labute approximate surface area is 128 Å². The smallest absolute Gasteiger partial charge is 0.411 e. The van der Waals surface area contributed by atoms with Crippen molar-refractivity contribution in [3.63, 3.8) is 0 Å². The number of halogens is 5. The van der Waals surface area contributed by atoms with Gasteiger partial charge in [0.05, 0.1) is 18.2 Å². The summed E-state index contributed by atoms with van der Waals surface area (Å²) in [7, 11) is 1.47. The number of rotatable bonds is 7. The van der Waals surface area contributed by atoms with Gasteiger partial charge in [-0.05, 0) is 33.6 Å². The summed E-state index contributed by atoms with van der Waals surface area (Å²) in [5.74, 6) is 1.16. The number of ether oxygens (including phenoxy) is 3. The normalized spacial score (nSPS) is 11.5. The van der Waals surface area contributed by atoms with Gasteiger partial charge in [0, 0.05) is 5.88 Å². The summed E-state index contributed by atoms with van der Waals surface area (Å²) in [6.07, 6.45) is -4.33. The zero-order chi connectivity index (χ0) is 15.2. The number of hydrogen-bond donors (Lipinski definition) is 0. The van der Waals surface area contributed by atoms with Crippen LogP contribution in [0.25, 0.3) is 0 Å². The monoisotopic (exact) mass is 376 g/mol. The standard InChI is InChI=1S/C12H13BrClF3O3/c1-18-10-5-8(6-14)4-9(13)11(10)20-3-2-19-7-12(15,16)17/h4-5H,2-3,6-7H2,1H3. The molecule has 0 atom stereocenters. The van der Waals surface area contributed by atoms with Crippen LogP contribution < -0.4 is 9.47 Å². The van der Waals surface area contributed by atoms with Crippen molar-refractivity contribution < 1.29 is 27.4 Å². The molecule has 0 saturated heterocycles. The molecule has 0 radical (unpaired) electrons. The lowest BCUT2D eigenvalue weighted by Gasteiger charge is -2.14. The largest absolute Gasteiger partial charge is 0.493 e. The van der Waals surface area contributed by atoms with Crippen LogP contribution in [-0.2, 0) is 10.6 Å². The lowest BCUT2D eigenvalue weighted by molar-refractivity contribution is -0.175. The Bertz CT molecular complexity index is 441. The van der Waals surface area contributed by atoms with Crippen LogP contribution in [0.3, 0.4) is 0 Å². The summed E-state index contributed by atoms with van der Waals surface area (Å²) in [5, 5.41) is 0. The summed E-state index contributed by atoms with van der Waals surface area (Å²) in [6, 6.07) is 3.45. The van der Waals surface area contributed by atoms with E-state index in [4.69, 9.17) is 21.1 Å². The first kappa shape index (κ1) is 17.4. The molecule has 0 N–H and O–H groups in total. The SMILES string of the molecule is COc1cc(CCl)cc(Br)c1OCCOCC(F)(F)F. The van der Waals surface area contributed by atoms with Gasteiger partial charge in [-0.1, -0.05) is 0 Å². The third kappa shape index (κ3) is 5.76. The molecular formula is C12H13BrClF3O3. The van der Waals surface area contributed by atoms with Gasteiger partial charge in [-0.3, -0.25) is 0 Å². The van der Waals surface area contributed by atoms with Crippen molar-refractivity contribution in [2.45, 2.75) is 12.1 Å². The van der Waals surface area contributed by atoms with Crippen LogP contribution in [0.5, 0.6) is 11.5 Å². The Hall–Kier alpha value is -0.660. The molecule has 0 unspecified atom stereocenters. The molecule has 1 aromatic carbocycles. The molecule has 1 rings (SSSR count). The van der Waals surface area contributed by atoms with Crippen molar-refractivity contribution in [3.8, 4) is 11.5 Å². The molecule has 1 aromatic rings. The molecule has 0 amide bonds. The van der Waals surface area contributed by atoms with Gasteiger partial charge in [-0.25, -0.2) is 0 Å². The van der Waals surface area contributed by atoms with Gasteiger partial charge < -0.3 is 14.2 Å². The van der Waals surface area contributed by atoms with Gasteiger partial charge in [0.25, 0.3) is 0 Å². The summed E-state index contributed by atoms with van der Waals surface area (Å²) < 4.78 is 51.2. The summed E-state index contributed by atoms with van der Waals surface area (Å²) in [6.45, 7) is -1.49.